The molecular weight excluding hydrogens is 252 g/mol. The van der Waals surface area contributed by atoms with E-state index in [0.29, 0.717) is 17.6 Å². The summed E-state index contributed by atoms with van der Waals surface area (Å²) in [6.07, 6.45) is 0.592. The van der Waals surface area contributed by atoms with E-state index in [4.69, 9.17) is 15.6 Å². The maximum Gasteiger partial charge on any atom is 0.320 e. The number of carboxylic acid groups (broad SMARTS) is 1. The molecule has 7 heteroatoms. The molecule has 0 aliphatic heterocycles. The molecule has 7 nitrogen and oxygen atoms in total. The van der Waals surface area contributed by atoms with E-state index in [1.54, 1.807) is 18.2 Å². The maximum atomic E-state index is 10.6. The molecule has 1 aromatic carbocycles. The van der Waals surface area contributed by atoms with Crippen molar-refractivity contribution in [2.45, 2.75) is 18.5 Å². The summed E-state index contributed by atoms with van der Waals surface area (Å²) >= 11 is 0. The standard InChI is InChI=1S/C12H14N2O5/c13-10(12(16)17)4-5-19-9-3-1-2-8(6-9)11(7-15)14-18/h1-3,6-7,10-11H,4-5,13H2,(H,16,17). The summed E-state index contributed by atoms with van der Waals surface area (Å²) in [7, 11) is 0. The van der Waals surface area contributed by atoms with Crippen LogP contribution in [0.2, 0.25) is 0 Å². The van der Waals surface area contributed by atoms with E-state index in [-0.39, 0.29) is 13.0 Å². The molecule has 1 aromatic rings. The zero-order chi connectivity index (χ0) is 14.3. The summed E-state index contributed by atoms with van der Waals surface area (Å²) in [5.41, 5.74) is 5.74. The number of nitrogens with zero attached hydrogens (tertiary/aromatic N) is 1. The van der Waals surface area contributed by atoms with Crippen molar-refractivity contribution in [1.29, 1.82) is 0 Å². The molecule has 0 heterocycles. The Balaban J connectivity index is 2.60. The summed E-state index contributed by atoms with van der Waals surface area (Å²) in [5.74, 6) is -0.672. The van der Waals surface area contributed by atoms with Gasteiger partial charge in [-0.05, 0) is 17.7 Å². The minimum atomic E-state index is -1.09. The van der Waals surface area contributed by atoms with Gasteiger partial charge in [-0.15, -0.1) is 4.91 Å². The predicted octanol–water partition coefficient (Wildman–Crippen LogP) is 0.874. The molecule has 0 bridgehead atoms. The summed E-state index contributed by atoms with van der Waals surface area (Å²) in [4.78, 5) is 31.5. The number of hydrogen-bond acceptors (Lipinski definition) is 6. The number of carbonyl (C=O) groups excluding carboxylic acids is 1. The smallest absolute Gasteiger partial charge is 0.320 e. The third kappa shape index (κ3) is 4.47. The van der Waals surface area contributed by atoms with Crippen molar-refractivity contribution in [2.24, 2.45) is 10.9 Å². The van der Waals surface area contributed by atoms with Crippen molar-refractivity contribution >= 4 is 12.3 Å². The van der Waals surface area contributed by atoms with Crippen LogP contribution >= 0.6 is 0 Å². The van der Waals surface area contributed by atoms with E-state index >= 15 is 0 Å². The Labute approximate surface area is 109 Å². The molecule has 3 N–H and O–H groups in total. The van der Waals surface area contributed by atoms with Crippen molar-refractivity contribution in [1.82, 2.24) is 0 Å². The van der Waals surface area contributed by atoms with Crippen molar-refractivity contribution in [3.8, 4) is 5.75 Å². The highest BCUT2D eigenvalue weighted by Crippen LogP contribution is 2.20. The molecule has 0 saturated heterocycles. The van der Waals surface area contributed by atoms with Crippen LogP contribution in [0.1, 0.15) is 18.0 Å². The van der Waals surface area contributed by atoms with Gasteiger partial charge in [-0.2, -0.15) is 0 Å². The monoisotopic (exact) mass is 266 g/mol. The number of ether oxygens (including phenoxy) is 1. The van der Waals surface area contributed by atoms with Crippen LogP contribution in [-0.2, 0) is 9.59 Å². The Hall–Kier alpha value is -2.28. The third-order valence-electron chi connectivity index (χ3n) is 2.46. The van der Waals surface area contributed by atoms with Crippen molar-refractivity contribution in [3.63, 3.8) is 0 Å². The van der Waals surface area contributed by atoms with Gasteiger partial charge in [-0.1, -0.05) is 17.3 Å². The van der Waals surface area contributed by atoms with E-state index in [1.165, 1.54) is 6.07 Å². The van der Waals surface area contributed by atoms with Crippen molar-refractivity contribution in [3.05, 3.63) is 34.7 Å². The van der Waals surface area contributed by atoms with Gasteiger partial charge in [-0.3, -0.25) is 4.79 Å². The normalized spacial score (nSPS) is 13.3. The first kappa shape index (κ1) is 14.8. The molecule has 0 saturated carbocycles. The first-order chi connectivity index (χ1) is 9.08. The van der Waals surface area contributed by atoms with Gasteiger partial charge in [0.2, 0.25) is 0 Å². The minimum absolute atomic E-state index is 0.122. The number of carbonyl (C=O) groups is 2. The second kappa shape index (κ2) is 7.22. The van der Waals surface area contributed by atoms with Crippen molar-refractivity contribution < 1.29 is 19.4 Å². The van der Waals surface area contributed by atoms with Gasteiger partial charge in [0.15, 0.2) is 12.3 Å². The number of hydrogen-bond donors (Lipinski definition) is 2. The molecule has 0 amide bonds. The molecule has 19 heavy (non-hydrogen) atoms. The van der Waals surface area contributed by atoms with E-state index in [2.05, 4.69) is 5.18 Å². The lowest BCUT2D eigenvalue weighted by Crippen LogP contribution is -2.31. The fourth-order valence-electron chi connectivity index (χ4n) is 1.38. The SMILES string of the molecule is NC(CCOc1cccc(C(C=O)N=O)c1)C(=O)O. The maximum absolute atomic E-state index is 10.6. The van der Waals surface area contributed by atoms with Gasteiger partial charge in [0, 0.05) is 6.42 Å². The average molecular weight is 266 g/mol. The topological polar surface area (TPSA) is 119 Å². The zero-order valence-electron chi connectivity index (χ0n) is 10.1. The molecule has 0 aliphatic carbocycles. The lowest BCUT2D eigenvalue weighted by atomic mass is 10.1. The van der Waals surface area contributed by atoms with Crippen LogP contribution in [0.4, 0.5) is 0 Å². The number of aldehydes is 1. The van der Waals surface area contributed by atoms with E-state index in [9.17, 15) is 14.5 Å². The van der Waals surface area contributed by atoms with Gasteiger partial charge in [0.25, 0.3) is 0 Å². The Morgan fingerprint density at radius 1 is 1.53 bits per heavy atom. The molecule has 2 atom stereocenters. The van der Waals surface area contributed by atoms with Crippen LogP contribution in [0.3, 0.4) is 0 Å². The van der Waals surface area contributed by atoms with Crippen LogP contribution in [0.25, 0.3) is 0 Å². The molecule has 0 aromatic heterocycles. The highest BCUT2D eigenvalue weighted by Gasteiger charge is 2.12. The highest BCUT2D eigenvalue weighted by atomic mass is 16.5. The zero-order valence-corrected chi connectivity index (χ0v) is 10.1. The van der Waals surface area contributed by atoms with E-state index in [1.807, 2.05) is 0 Å². The van der Waals surface area contributed by atoms with Crippen LogP contribution < -0.4 is 10.5 Å². The predicted molar refractivity (Wildman–Crippen MR) is 66.8 cm³/mol. The van der Waals surface area contributed by atoms with Crippen LogP contribution in [0.5, 0.6) is 5.75 Å². The van der Waals surface area contributed by atoms with E-state index in [0.717, 1.165) is 0 Å². The van der Waals surface area contributed by atoms with Gasteiger partial charge in [0.1, 0.15) is 11.8 Å². The molecular formula is C12H14N2O5. The van der Waals surface area contributed by atoms with E-state index < -0.39 is 18.1 Å². The summed E-state index contributed by atoms with van der Waals surface area (Å²) < 4.78 is 5.30. The van der Waals surface area contributed by atoms with Crippen LogP contribution in [0, 0.1) is 4.91 Å². The molecule has 1 rings (SSSR count). The number of rotatable bonds is 8. The van der Waals surface area contributed by atoms with Crippen molar-refractivity contribution in [2.75, 3.05) is 6.61 Å². The van der Waals surface area contributed by atoms with Gasteiger partial charge in [0.05, 0.1) is 6.61 Å². The minimum Gasteiger partial charge on any atom is -0.494 e. The first-order valence-electron chi connectivity index (χ1n) is 5.57. The largest absolute Gasteiger partial charge is 0.494 e. The Kier molecular flexibility index (Phi) is 5.62. The number of nitrogens with two attached hydrogens (primary N) is 1. The van der Waals surface area contributed by atoms with Gasteiger partial charge < -0.3 is 20.4 Å². The lowest BCUT2D eigenvalue weighted by molar-refractivity contribution is -0.138. The summed E-state index contributed by atoms with van der Waals surface area (Å²) in [6, 6.07) is 4.28. The first-order valence-corrected chi connectivity index (χ1v) is 5.57. The molecule has 0 aliphatic rings. The Morgan fingerprint density at radius 3 is 2.84 bits per heavy atom. The van der Waals surface area contributed by atoms with Crippen LogP contribution in [-0.4, -0.2) is 30.0 Å². The number of aliphatic carboxylic acids is 1. The summed E-state index contributed by atoms with van der Waals surface area (Å²) in [5, 5.41) is 11.3. The second-order valence-electron chi connectivity index (χ2n) is 3.84. The quantitative estimate of drug-likeness (QED) is 0.532. The third-order valence-corrected chi connectivity index (χ3v) is 2.46. The average Bonchev–Trinajstić information content (AvgIpc) is 2.40. The summed E-state index contributed by atoms with van der Waals surface area (Å²) in [6.45, 7) is 0.122. The number of benzene rings is 1. The molecule has 102 valence electrons. The highest BCUT2D eigenvalue weighted by molar-refractivity contribution is 5.72. The lowest BCUT2D eigenvalue weighted by Gasteiger charge is -2.10. The second-order valence-corrected chi connectivity index (χ2v) is 3.84. The Bertz CT molecular complexity index is 455. The fraction of sp³-hybridized carbons (Fsp3) is 0.333. The van der Waals surface area contributed by atoms with Crippen LogP contribution in [0.15, 0.2) is 29.4 Å². The van der Waals surface area contributed by atoms with Gasteiger partial charge >= 0.3 is 5.97 Å². The number of nitroso groups, excluding NO2 is 1. The molecule has 0 fully saturated rings. The molecule has 0 spiro atoms. The fourth-order valence-corrected chi connectivity index (χ4v) is 1.38. The van der Waals surface area contributed by atoms with Gasteiger partial charge in [-0.25, -0.2) is 0 Å². The number of carboxylic acids is 1. The Morgan fingerprint density at radius 2 is 2.26 bits per heavy atom. The molecule has 2 unspecified atom stereocenters. The molecule has 0 radical (unpaired) electrons.